The van der Waals surface area contributed by atoms with E-state index in [9.17, 15) is 4.79 Å². The van der Waals surface area contributed by atoms with Gasteiger partial charge in [-0.3, -0.25) is 4.79 Å². The minimum absolute atomic E-state index is 0.135. The number of nitrogens with zero attached hydrogens (tertiary/aromatic N) is 2. The highest BCUT2D eigenvalue weighted by atomic mass is 35.5. The zero-order valence-electron chi connectivity index (χ0n) is 13.8. The van der Waals surface area contributed by atoms with Gasteiger partial charge in [0.2, 0.25) is 5.91 Å². The molecule has 0 bridgehead atoms. The maximum absolute atomic E-state index is 12.2. The number of carbonyl (C=O) groups is 1. The van der Waals surface area contributed by atoms with Crippen molar-refractivity contribution in [1.82, 2.24) is 4.57 Å². The number of benzene rings is 2. The molecule has 3 rings (SSSR count). The molecule has 1 heterocycles. The van der Waals surface area contributed by atoms with Crippen molar-refractivity contribution >= 4 is 62.4 Å². The van der Waals surface area contributed by atoms with E-state index < -0.39 is 0 Å². The first-order valence-electron chi connectivity index (χ1n) is 7.66. The Labute approximate surface area is 164 Å². The molecule has 3 aromatic rings. The van der Waals surface area contributed by atoms with E-state index in [0.717, 1.165) is 15.1 Å². The normalized spacial score (nSPS) is 12.1. The number of halogens is 2. The molecule has 2 aromatic carbocycles. The van der Waals surface area contributed by atoms with Gasteiger partial charge in [-0.1, -0.05) is 52.2 Å². The Kier molecular flexibility index (Phi) is 5.89. The lowest BCUT2D eigenvalue weighted by atomic mass is 10.2. The van der Waals surface area contributed by atoms with Crippen LogP contribution in [0.1, 0.15) is 12.0 Å². The van der Waals surface area contributed by atoms with Gasteiger partial charge in [-0.25, -0.2) is 0 Å². The number of hydrogen-bond donors (Lipinski definition) is 0. The van der Waals surface area contributed by atoms with Crippen LogP contribution in [0.15, 0.2) is 46.3 Å². The maximum atomic E-state index is 12.2. The molecule has 0 atom stereocenters. The van der Waals surface area contributed by atoms with E-state index in [1.54, 1.807) is 17.8 Å². The minimum Gasteiger partial charge on any atom is -0.318 e. The first kappa shape index (κ1) is 18.5. The number of thiazole rings is 1. The van der Waals surface area contributed by atoms with Crippen LogP contribution in [0.5, 0.6) is 0 Å². The molecule has 3 nitrogen and oxygen atoms in total. The van der Waals surface area contributed by atoms with E-state index in [2.05, 4.69) is 36.2 Å². The number of rotatable bonds is 4. The van der Waals surface area contributed by atoms with Crippen molar-refractivity contribution in [1.29, 1.82) is 0 Å². The lowest BCUT2D eigenvalue weighted by Crippen LogP contribution is -2.13. The Morgan fingerprint density at radius 2 is 1.92 bits per heavy atom. The Balaban J connectivity index is 1.73. The van der Waals surface area contributed by atoms with E-state index in [-0.39, 0.29) is 5.91 Å². The first-order chi connectivity index (χ1) is 12.0. The zero-order chi connectivity index (χ0) is 18.0. The second-order valence-corrected chi connectivity index (χ2v) is 8.53. The average molecular weight is 411 g/mol. The highest BCUT2D eigenvalue weighted by molar-refractivity contribution is 7.99. The Hall–Kier alpha value is -1.27. The van der Waals surface area contributed by atoms with Gasteiger partial charge in [0.25, 0.3) is 0 Å². The fourth-order valence-electron chi connectivity index (χ4n) is 2.33. The topological polar surface area (TPSA) is 34.4 Å². The molecule has 1 aromatic heterocycles. The van der Waals surface area contributed by atoms with Gasteiger partial charge in [-0.05, 0) is 31.2 Å². The summed E-state index contributed by atoms with van der Waals surface area (Å²) < 4.78 is 2.77. The molecular weight excluding hydrogens is 395 g/mol. The van der Waals surface area contributed by atoms with E-state index in [0.29, 0.717) is 27.0 Å². The molecule has 0 saturated heterocycles. The molecule has 0 radical (unpaired) electrons. The zero-order valence-corrected chi connectivity index (χ0v) is 16.9. The van der Waals surface area contributed by atoms with Gasteiger partial charge in [-0.15, -0.1) is 11.8 Å². The summed E-state index contributed by atoms with van der Waals surface area (Å²) in [5.41, 5.74) is 2.03. The Bertz CT molecular complexity index is 991. The molecule has 1 amide bonds. The average Bonchev–Trinajstić information content (AvgIpc) is 2.89. The molecule has 0 aliphatic rings. The molecule has 7 heteroatoms. The van der Waals surface area contributed by atoms with Gasteiger partial charge >= 0.3 is 0 Å². The van der Waals surface area contributed by atoms with Crippen LogP contribution in [0.4, 0.5) is 0 Å². The van der Waals surface area contributed by atoms with Gasteiger partial charge in [0.05, 0.1) is 20.3 Å². The first-order valence-corrected chi connectivity index (χ1v) is 10.2. The van der Waals surface area contributed by atoms with Crippen LogP contribution in [0.25, 0.3) is 10.2 Å². The van der Waals surface area contributed by atoms with Crippen LogP contribution >= 0.6 is 46.3 Å². The number of amides is 1. The summed E-state index contributed by atoms with van der Waals surface area (Å²) in [5.74, 6) is 0.566. The van der Waals surface area contributed by atoms with Gasteiger partial charge in [0, 0.05) is 24.1 Å². The molecule has 0 spiro atoms. The molecule has 0 aliphatic heterocycles. The predicted octanol–water partition coefficient (Wildman–Crippen LogP) is 5.46. The largest absolute Gasteiger partial charge is 0.318 e. The van der Waals surface area contributed by atoms with Gasteiger partial charge in [-0.2, -0.15) is 4.99 Å². The van der Waals surface area contributed by atoms with E-state index in [4.69, 9.17) is 23.2 Å². The third kappa shape index (κ3) is 4.29. The van der Waals surface area contributed by atoms with Crippen LogP contribution in [-0.4, -0.2) is 16.2 Å². The van der Waals surface area contributed by atoms with Crippen molar-refractivity contribution in [2.45, 2.75) is 18.2 Å². The molecular formula is C18H16Cl2N2OS2. The predicted molar refractivity (Wildman–Crippen MR) is 108 cm³/mol. The van der Waals surface area contributed by atoms with Crippen molar-refractivity contribution in [3.8, 4) is 0 Å². The summed E-state index contributed by atoms with van der Waals surface area (Å²) >= 11 is 15.4. The van der Waals surface area contributed by atoms with Crippen LogP contribution < -0.4 is 4.80 Å². The number of aryl methyl sites for hydroxylation is 2. The fraction of sp³-hybridized carbons (Fsp3) is 0.222. The minimum atomic E-state index is -0.135. The Morgan fingerprint density at radius 1 is 1.20 bits per heavy atom. The smallest absolute Gasteiger partial charge is 0.249 e. The third-order valence-electron chi connectivity index (χ3n) is 3.68. The quantitative estimate of drug-likeness (QED) is 0.534. The standard InChI is InChI=1S/C18H16Cl2N2OS2/c1-11-3-5-12(6-4-11)24-10-9-15(23)21-18-22(2)17-14(25-18)8-7-13(19)16(17)20/h3-8H,9-10H2,1-2H3. The number of carbonyl (C=O) groups excluding carboxylic acids is 1. The van der Waals surface area contributed by atoms with Crippen molar-refractivity contribution in [3.63, 3.8) is 0 Å². The van der Waals surface area contributed by atoms with Crippen molar-refractivity contribution in [3.05, 3.63) is 56.8 Å². The molecule has 25 heavy (non-hydrogen) atoms. The molecule has 0 fully saturated rings. The second-order valence-electron chi connectivity index (χ2n) is 5.57. The molecule has 0 N–H and O–H groups in total. The SMILES string of the molecule is Cc1ccc(SCCC(=O)N=c2sc3ccc(Cl)c(Cl)c3n2C)cc1. The molecule has 0 unspecified atom stereocenters. The molecule has 0 saturated carbocycles. The van der Waals surface area contributed by atoms with Crippen molar-refractivity contribution in [2.24, 2.45) is 12.0 Å². The lowest BCUT2D eigenvalue weighted by molar-refractivity contribution is -0.117. The van der Waals surface area contributed by atoms with Crippen LogP contribution in [0.2, 0.25) is 10.0 Å². The summed E-state index contributed by atoms with van der Waals surface area (Å²) in [6, 6.07) is 11.9. The maximum Gasteiger partial charge on any atom is 0.249 e. The molecule has 130 valence electrons. The van der Waals surface area contributed by atoms with Crippen LogP contribution in [-0.2, 0) is 11.8 Å². The van der Waals surface area contributed by atoms with Crippen LogP contribution in [0, 0.1) is 6.92 Å². The summed E-state index contributed by atoms with van der Waals surface area (Å²) in [5, 5.41) is 0.983. The summed E-state index contributed by atoms with van der Waals surface area (Å²) in [4.78, 5) is 18.2. The monoisotopic (exact) mass is 410 g/mol. The Morgan fingerprint density at radius 3 is 2.64 bits per heavy atom. The van der Waals surface area contributed by atoms with Crippen LogP contribution in [0.3, 0.4) is 0 Å². The van der Waals surface area contributed by atoms with E-state index >= 15 is 0 Å². The number of hydrogen-bond acceptors (Lipinski definition) is 3. The summed E-state index contributed by atoms with van der Waals surface area (Å²) in [6.45, 7) is 2.06. The van der Waals surface area contributed by atoms with Crippen molar-refractivity contribution < 1.29 is 4.79 Å². The van der Waals surface area contributed by atoms with E-state index in [1.807, 2.05) is 17.7 Å². The second kappa shape index (κ2) is 7.96. The number of aromatic nitrogens is 1. The van der Waals surface area contributed by atoms with Crippen molar-refractivity contribution in [2.75, 3.05) is 5.75 Å². The highest BCUT2D eigenvalue weighted by Crippen LogP contribution is 2.31. The summed E-state index contributed by atoms with van der Waals surface area (Å²) in [7, 11) is 1.84. The van der Waals surface area contributed by atoms with Gasteiger partial charge in [0.15, 0.2) is 4.80 Å². The van der Waals surface area contributed by atoms with Gasteiger partial charge < -0.3 is 4.57 Å². The summed E-state index contributed by atoms with van der Waals surface area (Å²) in [6.07, 6.45) is 0.390. The number of fused-ring (bicyclic) bond motifs is 1. The highest BCUT2D eigenvalue weighted by Gasteiger charge is 2.11. The fourth-order valence-corrected chi connectivity index (χ4v) is 4.72. The van der Waals surface area contributed by atoms with Gasteiger partial charge in [0.1, 0.15) is 0 Å². The third-order valence-corrected chi connectivity index (χ3v) is 6.59. The molecule has 0 aliphatic carbocycles. The van der Waals surface area contributed by atoms with E-state index in [1.165, 1.54) is 16.9 Å². The lowest BCUT2D eigenvalue weighted by Gasteiger charge is -2.01. The number of thioether (sulfide) groups is 1.